The minimum absolute atomic E-state index is 0.0538. The molecule has 13 nitrogen and oxygen atoms in total. The highest BCUT2D eigenvalue weighted by molar-refractivity contribution is 5.95. The van der Waals surface area contributed by atoms with Crippen LogP contribution in [-0.4, -0.2) is 88.8 Å². The van der Waals surface area contributed by atoms with Crippen molar-refractivity contribution in [1.29, 1.82) is 0 Å². The Hall–Kier alpha value is -4.33. The van der Waals surface area contributed by atoms with Crippen LogP contribution in [0.4, 0.5) is 4.79 Å². The Kier molecular flexibility index (Phi) is 13.1. The van der Waals surface area contributed by atoms with Crippen molar-refractivity contribution in [3.05, 3.63) is 71.8 Å². The Bertz CT molecular complexity index is 1230. The number of ether oxygens (including phenoxy) is 1. The van der Waals surface area contributed by atoms with E-state index in [1.54, 1.807) is 54.6 Å². The minimum atomic E-state index is -1.72. The number of aliphatic hydroxyl groups excluding tert-OH is 2. The van der Waals surface area contributed by atoms with Crippen LogP contribution in [0.5, 0.6) is 0 Å². The van der Waals surface area contributed by atoms with E-state index < -0.39 is 54.5 Å². The van der Waals surface area contributed by atoms with Crippen LogP contribution in [-0.2, 0) is 36.9 Å². The predicted octanol–water partition coefficient (Wildman–Crippen LogP) is -0.265. The van der Waals surface area contributed by atoms with Crippen molar-refractivity contribution >= 4 is 29.7 Å². The molecule has 0 spiro atoms. The Morgan fingerprint density at radius 2 is 1.65 bits per heavy atom. The second kappa shape index (κ2) is 16.9. The van der Waals surface area contributed by atoms with Gasteiger partial charge in [-0.2, -0.15) is 0 Å². The van der Waals surface area contributed by atoms with Crippen LogP contribution in [0.3, 0.4) is 0 Å². The number of imide groups is 1. The van der Waals surface area contributed by atoms with Gasteiger partial charge in [0.2, 0.25) is 17.7 Å². The quantitative estimate of drug-likeness (QED) is 0.159. The number of aliphatic hydroxyl groups is 2. The monoisotopic (exact) mass is 597 g/mol. The summed E-state index contributed by atoms with van der Waals surface area (Å²) in [5, 5.41) is 27.4. The number of alkyl carbamates (subject to hydrolysis) is 1. The SMILES string of the molecule is N[C@@H](CC(=O)NC(=O)OCc1ccccc1)C(=O)NC(Cc1ccccc1)C(O)C(=O)N1CCC[C@H]1C(=O)NCCCO. The molecule has 4 atom stereocenters. The molecule has 0 aromatic heterocycles. The van der Waals surface area contributed by atoms with Gasteiger partial charge in [-0.15, -0.1) is 0 Å². The van der Waals surface area contributed by atoms with Gasteiger partial charge in [-0.3, -0.25) is 24.5 Å². The Labute approximate surface area is 249 Å². The molecule has 2 aromatic carbocycles. The van der Waals surface area contributed by atoms with Gasteiger partial charge >= 0.3 is 6.09 Å². The topological polar surface area (TPSA) is 200 Å². The van der Waals surface area contributed by atoms with Gasteiger partial charge in [-0.05, 0) is 36.8 Å². The molecule has 2 unspecified atom stereocenters. The summed E-state index contributed by atoms with van der Waals surface area (Å²) in [5.41, 5.74) is 7.38. The Balaban J connectivity index is 1.61. The van der Waals surface area contributed by atoms with E-state index in [1.165, 1.54) is 4.90 Å². The fraction of sp³-hybridized carbons (Fsp3) is 0.433. The molecule has 1 aliphatic rings. The lowest BCUT2D eigenvalue weighted by Gasteiger charge is -2.30. The number of hydrogen-bond acceptors (Lipinski definition) is 9. The number of rotatable bonds is 14. The number of nitrogens with one attached hydrogen (secondary N) is 3. The summed E-state index contributed by atoms with van der Waals surface area (Å²) in [5.74, 6) is -2.77. The highest BCUT2D eigenvalue weighted by Gasteiger charge is 2.39. The normalized spacial score (nSPS) is 16.4. The van der Waals surface area contributed by atoms with Crippen LogP contribution in [0.1, 0.15) is 36.8 Å². The van der Waals surface area contributed by atoms with Crippen LogP contribution >= 0.6 is 0 Å². The largest absolute Gasteiger partial charge is 0.444 e. The molecule has 3 rings (SSSR count). The van der Waals surface area contributed by atoms with Gasteiger partial charge in [0, 0.05) is 19.7 Å². The van der Waals surface area contributed by atoms with Crippen molar-refractivity contribution in [2.75, 3.05) is 19.7 Å². The standard InChI is InChI=1S/C30H39N5O8/c31-22(18-25(37)34-30(42)43-19-21-11-5-2-6-12-21)27(39)33-23(17-20-9-3-1-4-10-20)26(38)29(41)35-15-7-13-24(35)28(40)32-14-8-16-36/h1-6,9-12,22-24,26,36,38H,7-8,13-19,31H2,(H,32,40)(H,33,39)(H,34,37,42)/t22-,23?,24-,26?/m0/s1. The maximum atomic E-state index is 13.4. The number of likely N-dealkylation sites (tertiary alicyclic amines) is 1. The molecule has 13 heteroatoms. The molecule has 1 aliphatic heterocycles. The third kappa shape index (κ3) is 10.5. The summed E-state index contributed by atoms with van der Waals surface area (Å²) >= 11 is 0. The second-order valence-electron chi connectivity index (χ2n) is 10.2. The number of nitrogens with two attached hydrogens (primary N) is 1. The smallest absolute Gasteiger partial charge is 0.414 e. The zero-order valence-corrected chi connectivity index (χ0v) is 23.8. The predicted molar refractivity (Wildman–Crippen MR) is 155 cm³/mol. The first-order valence-corrected chi connectivity index (χ1v) is 14.2. The van der Waals surface area contributed by atoms with E-state index >= 15 is 0 Å². The van der Waals surface area contributed by atoms with E-state index in [0.717, 1.165) is 5.56 Å². The maximum absolute atomic E-state index is 13.4. The number of carbonyl (C=O) groups excluding carboxylic acids is 5. The fourth-order valence-corrected chi connectivity index (χ4v) is 4.67. The van der Waals surface area contributed by atoms with Gasteiger partial charge in [0.1, 0.15) is 12.6 Å². The Morgan fingerprint density at radius 1 is 1.00 bits per heavy atom. The molecular formula is C30H39N5O8. The summed E-state index contributed by atoms with van der Waals surface area (Å²) in [6.07, 6.45) is -1.88. The zero-order valence-electron chi connectivity index (χ0n) is 23.8. The van der Waals surface area contributed by atoms with Gasteiger partial charge in [0.15, 0.2) is 6.10 Å². The summed E-state index contributed by atoms with van der Waals surface area (Å²) in [7, 11) is 0. The van der Waals surface area contributed by atoms with E-state index in [2.05, 4.69) is 10.6 Å². The average Bonchev–Trinajstić information content (AvgIpc) is 3.50. The molecule has 5 amide bonds. The third-order valence-electron chi connectivity index (χ3n) is 6.93. The van der Waals surface area contributed by atoms with Crippen molar-refractivity contribution in [2.24, 2.45) is 5.73 Å². The van der Waals surface area contributed by atoms with Crippen molar-refractivity contribution in [3.63, 3.8) is 0 Å². The van der Waals surface area contributed by atoms with Crippen LogP contribution in [0.25, 0.3) is 0 Å². The lowest BCUT2D eigenvalue weighted by molar-refractivity contribution is -0.147. The zero-order chi connectivity index (χ0) is 31.2. The van der Waals surface area contributed by atoms with Crippen molar-refractivity contribution in [3.8, 4) is 0 Å². The molecule has 0 aliphatic carbocycles. The van der Waals surface area contributed by atoms with Crippen molar-refractivity contribution in [1.82, 2.24) is 20.9 Å². The first kappa shape index (κ1) is 33.2. The highest BCUT2D eigenvalue weighted by atomic mass is 16.5. The van der Waals surface area contributed by atoms with Crippen LogP contribution < -0.4 is 21.7 Å². The summed E-state index contributed by atoms with van der Waals surface area (Å²) in [6.45, 7) is 0.358. The summed E-state index contributed by atoms with van der Waals surface area (Å²) < 4.78 is 5.00. The molecule has 1 heterocycles. The Morgan fingerprint density at radius 3 is 2.30 bits per heavy atom. The second-order valence-corrected chi connectivity index (χ2v) is 10.2. The molecule has 232 valence electrons. The molecule has 1 saturated heterocycles. The molecular weight excluding hydrogens is 558 g/mol. The van der Waals surface area contributed by atoms with Gasteiger partial charge in [-0.25, -0.2) is 4.79 Å². The van der Waals surface area contributed by atoms with E-state index in [0.29, 0.717) is 24.8 Å². The van der Waals surface area contributed by atoms with E-state index in [4.69, 9.17) is 15.6 Å². The van der Waals surface area contributed by atoms with Crippen molar-refractivity contribution in [2.45, 2.75) is 62.9 Å². The number of nitrogens with zero attached hydrogens (tertiary/aromatic N) is 1. The van der Waals surface area contributed by atoms with Gasteiger partial charge < -0.3 is 36.2 Å². The molecule has 43 heavy (non-hydrogen) atoms. The maximum Gasteiger partial charge on any atom is 0.414 e. The minimum Gasteiger partial charge on any atom is -0.444 e. The first-order valence-electron chi connectivity index (χ1n) is 14.2. The number of amides is 5. The van der Waals surface area contributed by atoms with Crippen molar-refractivity contribution < 1.29 is 38.9 Å². The number of hydrogen-bond donors (Lipinski definition) is 6. The van der Waals surface area contributed by atoms with Gasteiger partial charge in [0.25, 0.3) is 5.91 Å². The van der Waals surface area contributed by atoms with E-state index in [9.17, 15) is 29.1 Å². The van der Waals surface area contributed by atoms with Crippen LogP contribution in [0.15, 0.2) is 60.7 Å². The molecule has 0 saturated carbocycles. The molecule has 1 fully saturated rings. The van der Waals surface area contributed by atoms with Crippen LogP contribution in [0, 0.1) is 0 Å². The van der Waals surface area contributed by atoms with Crippen LogP contribution in [0.2, 0.25) is 0 Å². The molecule has 2 aromatic rings. The van der Waals surface area contributed by atoms with Gasteiger partial charge in [0.05, 0.1) is 18.5 Å². The molecule has 7 N–H and O–H groups in total. The van der Waals surface area contributed by atoms with E-state index in [-0.39, 0.29) is 38.6 Å². The fourth-order valence-electron chi connectivity index (χ4n) is 4.67. The lowest BCUT2D eigenvalue weighted by Crippen LogP contribution is -2.57. The number of carbonyl (C=O) groups is 5. The van der Waals surface area contributed by atoms with E-state index in [1.807, 2.05) is 11.4 Å². The average molecular weight is 598 g/mol. The van der Waals surface area contributed by atoms with Gasteiger partial charge in [-0.1, -0.05) is 60.7 Å². The highest BCUT2D eigenvalue weighted by Crippen LogP contribution is 2.20. The summed E-state index contributed by atoms with van der Waals surface area (Å²) in [4.78, 5) is 64.6. The first-order chi connectivity index (χ1) is 20.7. The third-order valence-corrected chi connectivity index (χ3v) is 6.93. The lowest BCUT2D eigenvalue weighted by atomic mass is 9.99. The number of benzene rings is 2. The molecule has 0 bridgehead atoms. The summed E-state index contributed by atoms with van der Waals surface area (Å²) in [6, 6.07) is 14.4. The molecule has 0 radical (unpaired) electrons.